The predicted molar refractivity (Wildman–Crippen MR) is 111 cm³/mol. The molecular formula is C22H28N4O3. The first-order chi connectivity index (χ1) is 14.0. The molecule has 0 N–H and O–H groups in total. The molecule has 0 unspecified atom stereocenters. The van der Waals surface area contributed by atoms with Crippen molar-refractivity contribution in [2.24, 2.45) is 7.05 Å². The number of carbonyl (C=O) groups is 1. The minimum atomic E-state index is -0.125. The van der Waals surface area contributed by atoms with E-state index >= 15 is 0 Å². The maximum Gasteiger partial charge on any atom is 0.254 e. The number of likely N-dealkylation sites (tertiary alicyclic amines) is 1. The number of aryl methyl sites for hydroxylation is 1. The van der Waals surface area contributed by atoms with E-state index in [-0.39, 0.29) is 17.6 Å². The molecule has 7 heteroatoms. The number of rotatable bonds is 3. The first-order valence-corrected chi connectivity index (χ1v) is 10.3. The van der Waals surface area contributed by atoms with Gasteiger partial charge in [0.25, 0.3) is 11.5 Å². The fourth-order valence-electron chi connectivity index (χ4n) is 4.07. The molecule has 0 bridgehead atoms. The van der Waals surface area contributed by atoms with Gasteiger partial charge in [-0.3, -0.25) is 14.2 Å². The first kappa shape index (κ1) is 19.6. The Kier molecular flexibility index (Phi) is 5.67. The third-order valence-corrected chi connectivity index (χ3v) is 5.76. The summed E-state index contributed by atoms with van der Waals surface area (Å²) in [5, 5.41) is 0. The van der Waals surface area contributed by atoms with E-state index in [0.29, 0.717) is 31.3 Å². The van der Waals surface area contributed by atoms with Gasteiger partial charge in [0.15, 0.2) is 0 Å². The van der Waals surface area contributed by atoms with Crippen molar-refractivity contribution < 1.29 is 9.53 Å². The SMILES string of the molecule is Cc1cc(=O)n(C)c(N2CCO[C@@H](c3ccc(C(=O)N4CCCCC4)cc3)C2)n1. The van der Waals surface area contributed by atoms with Crippen LogP contribution >= 0.6 is 0 Å². The minimum Gasteiger partial charge on any atom is -0.370 e. The third-order valence-electron chi connectivity index (χ3n) is 5.76. The summed E-state index contributed by atoms with van der Waals surface area (Å²) in [5.41, 5.74) is 2.41. The topological polar surface area (TPSA) is 67.7 Å². The molecule has 3 heterocycles. The molecule has 1 atom stereocenters. The molecule has 2 aromatic rings. The van der Waals surface area contributed by atoms with Crippen molar-refractivity contribution in [3.05, 3.63) is 57.5 Å². The van der Waals surface area contributed by atoms with Gasteiger partial charge in [-0.1, -0.05) is 12.1 Å². The van der Waals surface area contributed by atoms with Crippen LogP contribution in [0.1, 0.15) is 47.0 Å². The van der Waals surface area contributed by atoms with Crippen LogP contribution in [0.3, 0.4) is 0 Å². The molecule has 2 aliphatic rings. The van der Waals surface area contributed by atoms with Crippen molar-refractivity contribution in [1.82, 2.24) is 14.5 Å². The molecule has 0 spiro atoms. The summed E-state index contributed by atoms with van der Waals surface area (Å²) in [6.07, 6.45) is 3.26. The highest BCUT2D eigenvalue weighted by molar-refractivity contribution is 5.94. The van der Waals surface area contributed by atoms with Crippen LogP contribution in [-0.2, 0) is 11.8 Å². The van der Waals surface area contributed by atoms with E-state index < -0.39 is 0 Å². The van der Waals surface area contributed by atoms with Gasteiger partial charge in [0.05, 0.1) is 13.2 Å². The molecule has 1 amide bonds. The van der Waals surface area contributed by atoms with Gasteiger partial charge in [-0.15, -0.1) is 0 Å². The average molecular weight is 396 g/mol. The van der Waals surface area contributed by atoms with Gasteiger partial charge in [-0.05, 0) is 43.9 Å². The molecule has 7 nitrogen and oxygen atoms in total. The van der Waals surface area contributed by atoms with Gasteiger partial charge in [0.1, 0.15) is 6.10 Å². The lowest BCUT2D eigenvalue weighted by molar-refractivity contribution is 0.0389. The van der Waals surface area contributed by atoms with Gasteiger partial charge >= 0.3 is 0 Å². The van der Waals surface area contributed by atoms with E-state index in [4.69, 9.17) is 4.74 Å². The molecule has 2 aliphatic heterocycles. The molecule has 0 aliphatic carbocycles. The molecule has 1 aromatic heterocycles. The number of anilines is 1. The second-order valence-electron chi connectivity index (χ2n) is 7.88. The van der Waals surface area contributed by atoms with Crippen LogP contribution in [0.5, 0.6) is 0 Å². The van der Waals surface area contributed by atoms with Crippen molar-refractivity contribution in [3.8, 4) is 0 Å². The highest BCUT2D eigenvalue weighted by Gasteiger charge is 2.25. The molecule has 29 heavy (non-hydrogen) atoms. The molecule has 154 valence electrons. The number of ether oxygens (including phenoxy) is 1. The van der Waals surface area contributed by atoms with Crippen LogP contribution in [0.2, 0.25) is 0 Å². The predicted octanol–water partition coefficient (Wildman–Crippen LogP) is 2.29. The number of nitrogens with zero attached hydrogens (tertiary/aromatic N) is 4. The second kappa shape index (κ2) is 8.37. The van der Waals surface area contributed by atoms with Gasteiger partial charge in [0, 0.05) is 44.0 Å². The van der Waals surface area contributed by atoms with E-state index in [0.717, 1.165) is 37.1 Å². The lowest BCUT2D eigenvalue weighted by atomic mass is 10.0. The Morgan fingerprint density at radius 2 is 1.83 bits per heavy atom. The van der Waals surface area contributed by atoms with Crippen molar-refractivity contribution in [2.45, 2.75) is 32.3 Å². The number of hydrogen-bond acceptors (Lipinski definition) is 5. The number of carbonyl (C=O) groups excluding carboxylic acids is 1. The van der Waals surface area contributed by atoms with Gasteiger partial charge in [-0.25, -0.2) is 4.98 Å². The Morgan fingerprint density at radius 3 is 2.55 bits per heavy atom. The number of aromatic nitrogens is 2. The lowest BCUT2D eigenvalue weighted by Gasteiger charge is -2.34. The molecule has 4 rings (SSSR count). The minimum absolute atomic E-state index is 0.0591. The number of piperidine rings is 1. The standard InChI is InChI=1S/C22H28N4O3/c1-16-14-20(27)24(2)22(23-16)26-12-13-29-19(15-26)17-6-8-18(9-7-17)21(28)25-10-4-3-5-11-25/h6-9,14,19H,3-5,10-13,15H2,1-2H3/t19-/m1/s1. The van der Waals surface area contributed by atoms with Gasteiger partial charge in [-0.2, -0.15) is 0 Å². The number of hydrogen-bond donors (Lipinski definition) is 0. The number of amides is 1. The zero-order valence-corrected chi connectivity index (χ0v) is 17.1. The zero-order valence-electron chi connectivity index (χ0n) is 17.1. The smallest absolute Gasteiger partial charge is 0.254 e. The fourth-order valence-corrected chi connectivity index (χ4v) is 4.07. The fraction of sp³-hybridized carbons (Fsp3) is 0.500. The van der Waals surface area contributed by atoms with Gasteiger partial charge < -0.3 is 14.5 Å². The molecule has 0 saturated carbocycles. The van der Waals surface area contributed by atoms with Crippen LogP contribution in [0.25, 0.3) is 0 Å². The normalized spacial score (nSPS) is 20.0. The summed E-state index contributed by atoms with van der Waals surface area (Å²) >= 11 is 0. The Hall–Kier alpha value is -2.67. The quantitative estimate of drug-likeness (QED) is 0.796. The number of benzene rings is 1. The third kappa shape index (κ3) is 4.19. The summed E-state index contributed by atoms with van der Waals surface area (Å²) in [4.78, 5) is 33.4. The maximum atomic E-state index is 12.7. The summed E-state index contributed by atoms with van der Waals surface area (Å²) in [7, 11) is 1.75. The van der Waals surface area contributed by atoms with Crippen molar-refractivity contribution in [1.29, 1.82) is 0 Å². The van der Waals surface area contributed by atoms with E-state index in [9.17, 15) is 9.59 Å². The van der Waals surface area contributed by atoms with Crippen LogP contribution in [0.15, 0.2) is 35.1 Å². The number of morpholine rings is 1. The average Bonchev–Trinajstić information content (AvgIpc) is 2.76. The van der Waals surface area contributed by atoms with Crippen molar-refractivity contribution >= 4 is 11.9 Å². The van der Waals surface area contributed by atoms with Crippen LogP contribution in [-0.4, -0.2) is 53.1 Å². The summed E-state index contributed by atoms with van der Waals surface area (Å²) in [5.74, 6) is 0.779. The Balaban J connectivity index is 1.49. The summed E-state index contributed by atoms with van der Waals surface area (Å²) in [6, 6.07) is 9.30. The Bertz CT molecular complexity index is 932. The molecule has 0 radical (unpaired) electrons. The van der Waals surface area contributed by atoms with E-state index in [1.54, 1.807) is 17.7 Å². The van der Waals surface area contributed by atoms with E-state index in [2.05, 4.69) is 9.88 Å². The molecule has 2 fully saturated rings. The molecule has 2 saturated heterocycles. The van der Waals surface area contributed by atoms with Crippen LogP contribution in [0.4, 0.5) is 5.95 Å². The molecule has 1 aromatic carbocycles. The highest BCUT2D eigenvalue weighted by atomic mass is 16.5. The maximum absolute atomic E-state index is 12.7. The van der Waals surface area contributed by atoms with Crippen molar-refractivity contribution in [2.75, 3.05) is 37.7 Å². The second-order valence-corrected chi connectivity index (χ2v) is 7.88. The highest BCUT2D eigenvalue weighted by Crippen LogP contribution is 2.25. The monoisotopic (exact) mass is 396 g/mol. The first-order valence-electron chi connectivity index (χ1n) is 10.3. The van der Waals surface area contributed by atoms with E-state index in [1.807, 2.05) is 36.1 Å². The van der Waals surface area contributed by atoms with Gasteiger partial charge in [0.2, 0.25) is 5.95 Å². The zero-order chi connectivity index (χ0) is 20.4. The Labute approximate surface area is 170 Å². The van der Waals surface area contributed by atoms with Crippen LogP contribution in [0, 0.1) is 6.92 Å². The van der Waals surface area contributed by atoms with Crippen LogP contribution < -0.4 is 10.5 Å². The molecular weight excluding hydrogens is 368 g/mol. The largest absolute Gasteiger partial charge is 0.370 e. The van der Waals surface area contributed by atoms with E-state index in [1.165, 1.54) is 6.42 Å². The van der Waals surface area contributed by atoms with Crippen molar-refractivity contribution in [3.63, 3.8) is 0 Å². The Morgan fingerprint density at radius 1 is 1.10 bits per heavy atom. The lowest BCUT2D eigenvalue weighted by Crippen LogP contribution is -2.41. The summed E-state index contributed by atoms with van der Waals surface area (Å²) < 4.78 is 7.56. The summed E-state index contributed by atoms with van der Waals surface area (Å²) in [6.45, 7) is 5.39.